The zero-order valence-corrected chi connectivity index (χ0v) is 18.6. The quantitative estimate of drug-likeness (QED) is 0.655. The summed E-state index contributed by atoms with van der Waals surface area (Å²) in [7, 11) is 2.49. The molecule has 3 rings (SSSR count). The van der Waals surface area contributed by atoms with Gasteiger partial charge in [0.15, 0.2) is 0 Å². The van der Waals surface area contributed by atoms with E-state index in [1.165, 1.54) is 38.5 Å². The molecular weight excluding hydrogens is 439 g/mol. The van der Waals surface area contributed by atoms with Gasteiger partial charge in [0.25, 0.3) is 0 Å². The van der Waals surface area contributed by atoms with E-state index in [2.05, 4.69) is 10.2 Å². The van der Waals surface area contributed by atoms with Gasteiger partial charge in [-0.05, 0) is 56.3 Å². The molecule has 1 N–H and O–H groups in total. The Morgan fingerprint density at radius 2 is 1.75 bits per heavy atom. The number of ether oxygens (including phenoxy) is 2. The van der Waals surface area contributed by atoms with Gasteiger partial charge >= 0.3 is 11.9 Å². The van der Waals surface area contributed by atoms with Crippen LogP contribution < -0.4 is 5.32 Å². The average Bonchev–Trinajstić information content (AvgIpc) is 2.80. The number of carbonyl (C=O) groups excluding carboxylic acids is 3. The molecule has 0 atom stereocenters. The second kappa shape index (κ2) is 10.6. The number of anilines is 1. The normalized spacial score (nSPS) is 14.6. The number of esters is 2. The highest BCUT2D eigenvalue weighted by molar-refractivity contribution is 6.30. The predicted octanol–water partition coefficient (Wildman–Crippen LogP) is 3.90. The van der Waals surface area contributed by atoms with Gasteiger partial charge < -0.3 is 14.8 Å². The number of hydrogen-bond donors (Lipinski definition) is 1. The fourth-order valence-corrected chi connectivity index (χ4v) is 3.82. The summed E-state index contributed by atoms with van der Waals surface area (Å²) in [4.78, 5) is 38.9. The van der Waals surface area contributed by atoms with Gasteiger partial charge in [-0.1, -0.05) is 17.7 Å². The minimum atomic E-state index is -0.628. The van der Waals surface area contributed by atoms with Crippen molar-refractivity contribution in [1.29, 1.82) is 0 Å². The highest BCUT2D eigenvalue weighted by atomic mass is 35.5. The van der Waals surface area contributed by atoms with Gasteiger partial charge in [0.05, 0.1) is 31.0 Å². The van der Waals surface area contributed by atoms with E-state index in [9.17, 15) is 18.8 Å². The molecule has 32 heavy (non-hydrogen) atoms. The number of rotatable bonds is 6. The van der Waals surface area contributed by atoms with E-state index in [4.69, 9.17) is 21.1 Å². The van der Waals surface area contributed by atoms with Gasteiger partial charge in [-0.2, -0.15) is 0 Å². The maximum Gasteiger partial charge on any atom is 0.339 e. The van der Waals surface area contributed by atoms with Crippen LogP contribution in [-0.2, 0) is 20.8 Å². The van der Waals surface area contributed by atoms with Crippen molar-refractivity contribution in [2.75, 3.05) is 32.6 Å². The first-order valence-corrected chi connectivity index (χ1v) is 10.5. The van der Waals surface area contributed by atoms with E-state index in [0.717, 1.165) is 0 Å². The molecule has 1 fully saturated rings. The number of nitrogens with one attached hydrogen (secondary N) is 1. The van der Waals surface area contributed by atoms with E-state index in [1.807, 2.05) is 0 Å². The standard InChI is InChI=1S/C23H24ClFN2O5/c1-31-22(29)15-4-6-18(23(30)32-2)20(11-15)26-21(28)14-7-9-27(10-8-14)13-16-3-5-17(24)12-19(16)25/h3-6,11-12,14H,7-10,13H2,1-2H3,(H,26,28). The summed E-state index contributed by atoms with van der Waals surface area (Å²) in [5, 5.41) is 3.11. The number of methoxy groups -OCH3 is 2. The molecule has 1 aliphatic heterocycles. The lowest BCUT2D eigenvalue weighted by Crippen LogP contribution is -2.38. The largest absolute Gasteiger partial charge is 0.465 e. The van der Waals surface area contributed by atoms with Crippen LogP contribution in [0.4, 0.5) is 10.1 Å². The molecule has 0 saturated carbocycles. The molecule has 1 aliphatic rings. The summed E-state index contributed by atoms with van der Waals surface area (Å²) in [6.45, 7) is 1.67. The minimum Gasteiger partial charge on any atom is -0.465 e. The van der Waals surface area contributed by atoms with Crippen molar-refractivity contribution < 1.29 is 28.2 Å². The van der Waals surface area contributed by atoms with Crippen LogP contribution in [0.1, 0.15) is 39.1 Å². The number of carbonyl (C=O) groups is 3. The fourth-order valence-electron chi connectivity index (χ4n) is 3.66. The van der Waals surface area contributed by atoms with E-state index in [0.29, 0.717) is 43.1 Å². The summed E-state index contributed by atoms with van der Waals surface area (Å²) < 4.78 is 23.5. The number of hydrogen-bond acceptors (Lipinski definition) is 6. The number of benzene rings is 2. The van der Waals surface area contributed by atoms with Gasteiger partial charge in [0.2, 0.25) is 5.91 Å². The maximum absolute atomic E-state index is 14.1. The number of piperidine rings is 1. The monoisotopic (exact) mass is 462 g/mol. The summed E-state index contributed by atoms with van der Waals surface area (Å²) in [6, 6.07) is 8.85. The Labute approximate surface area is 190 Å². The molecule has 0 bridgehead atoms. The molecule has 7 nitrogen and oxygen atoms in total. The summed E-state index contributed by atoms with van der Waals surface area (Å²) in [5.74, 6) is -2.10. The lowest BCUT2D eigenvalue weighted by atomic mass is 9.95. The van der Waals surface area contributed by atoms with Crippen LogP contribution in [0.2, 0.25) is 5.02 Å². The molecule has 2 aromatic rings. The third-order valence-corrected chi connectivity index (χ3v) is 5.71. The molecule has 1 amide bonds. The van der Waals surface area contributed by atoms with Crippen LogP contribution in [0.15, 0.2) is 36.4 Å². The molecule has 0 aliphatic carbocycles. The van der Waals surface area contributed by atoms with Crippen LogP contribution >= 0.6 is 11.6 Å². The molecule has 0 aromatic heterocycles. The van der Waals surface area contributed by atoms with Gasteiger partial charge in [0, 0.05) is 23.0 Å². The van der Waals surface area contributed by atoms with Crippen LogP contribution in [0.25, 0.3) is 0 Å². The number of nitrogens with zero attached hydrogens (tertiary/aromatic N) is 1. The highest BCUT2D eigenvalue weighted by Crippen LogP contribution is 2.25. The molecular formula is C23H24ClFN2O5. The zero-order valence-electron chi connectivity index (χ0n) is 17.8. The van der Waals surface area contributed by atoms with Crippen molar-refractivity contribution in [1.82, 2.24) is 4.90 Å². The molecule has 1 heterocycles. The second-order valence-corrected chi connectivity index (χ2v) is 7.96. The number of amides is 1. The Morgan fingerprint density at radius 1 is 1.06 bits per heavy atom. The Balaban J connectivity index is 1.65. The van der Waals surface area contributed by atoms with Crippen molar-refractivity contribution in [2.45, 2.75) is 19.4 Å². The molecule has 9 heteroatoms. The third kappa shape index (κ3) is 5.63. The molecule has 0 unspecified atom stereocenters. The summed E-state index contributed by atoms with van der Waals surface area (Å²) >= 11 is 5.80. The van der Waals surface area contributed by atoms with Gasteiger partial charge in [-0.25, -0.2) is 14.0 Å². The van der Waals surface area contributed by atoms with E-state index in [-0.39, 0.29) is 34.5 Å². The first-order valence-electron chi connectivity index (χ1n) is 10.1. The van der Waals surface area contributed by atoms with Crippen molar-refractivity contribution in [3.05, 3.63) is 63.9 Å². The molecule has 0 radical (unpaired) electrons. The maximum atomic E-state index is 14.1. The molecule has 0 spiro atoms. The summed E-state index contributed by atoms with van der Waals surface area (Å²) in [5.41, 5.74) is 1.09. The Kier molecular flexibility index (Phi) is 7.82. The van der Waals surface area contributed by atoms with E-state index >= 15 is 0 Å². The van der Waals surface area contributed by atoms with Crippen molar-refractivity contribution >= 4 is 35.1 Å². The van der Waals surface area contributed by atoms with Crippen molar-refractivity contribution in [3.8, 4) is 0 Å². The number of halogens is 2. The third-order valence-electron chi connectivity index (χ3n) is 5.47. The van der Waals surface area contributed by atoms with Crippen LogP contribution in [-0.4, -0.2) is 50.1 Å². The number of likely N-dealkylation sites (tertiary alicyclic amines) is 1. The van der Waals surface area contributed by atoms with Crippen LogP contribution in [0, 0.1) is 11.7 Å². The second-order valence-electron chi connectivity index (χ2n) is 7.52. The van der Waals surface area contributed by atoms with Gasteiger partial charge in [-0.3, -0.25) is 9.69 Å². The van der Waals surface area contributed by atoms with Gasteiger partial charge in [-0.15, -0.1) is 0 Å². The molecule has 1 saturated heterocycles. The highest BCUT2D eigenvalue weighted by Gasteiger charge is 2.27. The first kappa shape index (κ1) is 23.7. The smallest absolute Gasteiger partial charge is 0.339 e. The van der Waals surface area contributed by atoms with Crippen LogP contribution in [0.3, 0.4) is 0 Å². The molecule has 170 valence electrons. The van der Waals surface area contributed by atoms with Crippen molar-refractivity contribution in [3.63, 3.8) is 0 Å². The topological polar surface area (TPSA) is 84.9 Å². The lowest BCUT2D eigenvalue weighted by molar-refractivity contribution is -0.121. The fraction of sp³-hybridized carbons (Fsp3) is 0.348. The first-order chi connectivity index (χ1) is 15.3. The lowest BCUT2D eigenvalue weighted by Gasteiger charge is -2.31. The Hall–Kier alpha value is -2.97. The van der Waals surface area contributed by atoms with Crippen molar-refractivity contribution in [2.24, 2.45) is 5.92 Å². The average molecular weight is 463 g/mol. The van der Waals surface area contributed by atoms with Crippen LogP contribution in [0.5, 0.6) is 0 Å². The van der Waals surface area contributed by atoms with E-state index < -0.39 is 11.9 Å². The predicted molar refractivity (Wildman–Crippen MR) is 117 cm³/mol. The summed E-state index contributed by atoms with van der Waals surface area (Å²) in [6.07, 6.45) is 1.15. The molecule has 2 aromatic carbocycles. The SMILES string of the molecule is COC(=O)c1ccc(C(=O)OC)c(NC(=O)C2CCN(Cc3ccc(Cl)cc3F)CC2)c1. The minimum absolute atomic E-state index is 0.143. The Bertz CT molecular complexity index is 1020. The Morgan fingerprint density at radius 3 is 2.38 bits per heavy atom. The zero-order chi connectivity index (χ0) is 23.3. The van der Waals surface area contributed by atoms with Gasteiger partial charge in [0.1, 0.15) is 5.82 Å². The van der Waals surface area contributed by atoms with E-state index in [1.54, 1.807) is 12.1 Å².